The number of methoxy groups -OCH3 is 1. The van der Waals surface area contributed by atoms with Gasteiger partial charge in [0.25, 0.3) is 0 Å². The first-order valence-electron chi connectivity index (χ1n) is 2.16. The number of rotatable bonds is 3. The van der Waals surface area contributed by atoms with Crippen LogP contribution in [0.15, 0.2) is 29.6 Å². The Morgan fingerprint density at radius 2 is 2.38 bits per heavy atom. The van der Waals surface area contributed by atoms with E-state index < -0.39 is 0 Å². The van der Waals surface area contributed by atoms with E-state index in [0.29, 0.717) is 5.76 Å². The van der Waals surface area contributed by atoms with E-state index in [-0.39, 0.29) is 0 Å². The van der Waals surface area contributed by atoms with Crippen molar-refractivity contribution < 1.29 is 4.74 Å². The molecule has 0 N–H and O–H groups in total. The SMILES string of the molecule is C=NC=CC(=C)OC. The maximum absolute atomic E-state index is 4.68. The minimum absolute atomic E-state index is 0.581. The molecule has 0 aliphatic rings. The van der Waals surface area contributed by atoms with Gasteiger partial charge in [-0.1, -0.05) is 6.58 Å². The van der Waals surface area contributed by atoms with Crippen molar-refractivity contribution in [1.29, 1.82) is 0 Å². The molecule has 0 rings (SSSR count). The van der Waals surface area contributed by atoms with Crippen LogP contribution in [0, 0.1) is 0 Å². The van der Waals surface area contributed by atoms with Gasteiger partial charge in [0.05, 0.1) is 7.11 Å². The largest absolute Gasteiger partial charge is 0.497 e. The molecular weight excluding hydrogens is 102 g/mol. The quantitative estimate of drug-likeness (QED) is 0.306. The summed E-state index contributed by atoms with van der Waals surface area (Å²) in [6, 6.07) is 0. The average molecular weight is 111 g/mol. The highest BCUT2D eigenvalue weighted by atomic mass is 16.5. The Kier molecular flexibility index (Phi) is 3.58. The maximum atomic E-state index is 4.68. The normalized spacial score (nSPS) is 9.12. The topological polar surface area (TPSA) is 21.6 Å². The molecule has 0 saturated carbocycles. The summed E-state index contributed by atoms with van der Waals surface area (Å²) in [7, 11) is 1.55. The lowest BCUT2D eigenvalue weighted by atomic mass is 10.5. The number of hydrogen-bond donors (Lipinski definition) is 0. The second kappa shape index (κ2) is 4.12. The van der Waals surface area contributed by atoms with Crippen molar-refractivity contribution in [3.8, 4) is 0 Å². The summed E-state index contributed by atoms with van der Waals surface area (Å²) in [4.78, 5) is 3.45. The van der Waals surface area contributed by atoms with Crippen LogP contribution in [0.25, 0.3) is 0 Å². The predicted octanol–water partition coefficient (Wildman–Crippen LogP) is 1.36. The molecule has 0 aliphatic heterocycles. The van der Waals surface area contributed by atoms with E-state index >= 15 is 0 Å². The van der Waals surface area contributed by atoms with Gasteiger partial charge in [-0.15, -0.1) is 0 Å². The summed E-state index contributed by atoms with van der Waals surface area (Å²) in [5.74, 6) is 0.581. The number of nitrogens with zero attached hydrogens (tertiary/aromatic N) is 1. The Balaban J connectivity index is 3.52. The fourth-order valence-electron chi connectivity index (χ4n) is 0.204. The first-order chi connectivity index (χ1) is 3.81. The van der Waals surface area contributed by atoms with Gasteiger partial charge in [-0.3, -0.25) is 4.99 Å². The van der Waals surface area contributed by atoms with E-state index in [1.54, 1.807) is 13.2 Å². The van der Waals surface area contributed by atoms with Crippen LogP contribution in [0.1, 0.15) is 0 Å². The molecule has 2 nitrogen and oxygen atoms in total. The first-order valence-corrected chi connectivity index (χ1v) is 2.16. The minimum Gasteiger partial charge on any atom is -0.497 e. The van der Waals surface area contributed by atoms with Crippen LogP contribution in [-0.4, -0.2) is 13.8 Å². The number of aliphatic imine (C=N–C) groups is 1. The van der Waals surface area contributed by atoms with Crippen molar-refractivity contribution in [1.82, 2.24) is 0 Å². The average Bonchev–Trinajstić information content (AvgIpc) is 1.83. The highest BCUT2D eigenvalue weighted by molar-refractivity contribution is 5.26. The molecule has 0 fully saturated rings. The van der Waals surface area contributed by atoms with Crippen molar-refractivity contribution in [2.45, 2.75) is 0 Å². The molecular formula is C6H9NO. The zero-order chi connectivity index (χ0) is 6.41. The Labute approximate surface area is 49.2 Å². The third kappa shape index (κ3) is 3.15. The second-order valence-electron chi connectivity index (χ2n) is 1.17. The molecule has 2 heteroatoms. The van der Waals surface area contributed by atoms with Crippen molar-refractivity contribution in [3.05, 3.63) is 24.6 Å². The predicted molar refractivity (Wildman–Crippen MR) is 34.8 cm³/mol. The fourth-order valence-corrected chi connectivity index (χ4v) is 0.204. The summed E-state index contributed by atoms with van der Waals surface area (Å²) >= 11 is 0. The lowest BCUT2D eigenvalue weighted by Crippen LogP contribution is -1.74. The van der Waals surface area contributed by atoms with Crippen LogP contribution in [-0.2, 0) is 4.74 Å². The van der Waals surface area contributed by atoms with E-state index in [1.807, 2.05) is 0 Å². The van der Waals surface area contributed by atoms with E-state index in [0.717, 1.165) is 0 Å². The maximum Gasteiger partial charge on any atom is 0.113 e. The Hall–Kier alpha value is -1.05. The molecule has 0 radical (unpaired) electrons. The van der Waals surface area contributed by atoms with E-state index in [4.69, 9.17) is 0 Å². The van der Waals surface area contributed by atoms with Crippen LogP contribution in [0.3, 0.4) is 0 Å². The van der Waals surface area contributed by atoms with Crippen LogP contribution >= 0.6 is 0 Å². The molecule has 8 heavy (non-hydrogen) atoms. The van der Waals surface area contributed by atoms with E-state index in [2.05, 4.69) is 23.0 Å². The van der Waals surface area contributed by atoms with Gasteiger partial charge < -0.3 is 4.74 Å². The summed E-state index contributed by atoms with van der Waals surface area (Å²) in [6.45, 7) is 6.75. The van der Waals surface area contributed by atoms with E-state index in [1.165, 1.54) is 6.20 Å². The van der Waals surface area contributed by atoms with Gasteiger partial charge in [-0.2, -0.15) is 0 Å². The molecule has 44 valence electrons. The second-order valence-corrected chi connectivity index (χ2v) is 1.17. The highest BCUT2D eigenvalue weighted by Gasteiger charge is 1.76. The molecule has 0 aromatic carbocycles. The number of hydrogen-bond acceptors (Lipinski definition) is 2. The summed E-state index contributed by atoms with van der Waals surface area (Å²) < 4.78 is 4.68. The van der Waals surface area contributed by atoms with Crippen LogP contribution < -0.4 is 0 Å². The fraction of sp³-hybridized carbons (Fsp3) is 0.167. The number of ether oxygens (including phenoxy) is 1. The molecule has 0 aromatic rings. The van der Waals surface area contributed by atoms with Gasteiger partial charge in [0.2, 0.25) is 0 Å². The summed E-state index contributed by atoms with van der Waals surface area (Å²) in [6.07, 6.45) is 3.15. The van der Waals surface area contributed by atoms with Gasteiger partial charge in [-0.05, 0) is 12.8 Å². The van der Waals surface area contributed by atoms with Crippen molar-refractivity contribution in [2.75, 3.05) is 7.11 Å². The molecule has 0 saturated heterocycles. The van der Waals surface area contributed by atoms with Crippen LogP contribution in [0.2, 0.25) is 0 Å². The Morgan fingerprint density at radius 3 is 2.75 bits per heavy atom. The van der Waals surface area contributed by atoms with Gasteiger partial charge in [0.1, 0.15) is 5.76 Å². The first kappa shape index (κ1) is 6.95. The molecule has 0 amide bonds. The molecule has 0 aliphatic carbocycles. The molecule has 0 bridgehead atoms. The molecule has 0 aromatic heterocycles. The van der Waals surface area contributed by atoms with Gasteiger partial charge >= 0.3 is 0 Å². The van der Waals surface area contributed by atoms with Crippen LogP contribution in [0.5, 0.6) is 0 Å². The van der Waals surface area contributed by atoms with Gasteiger partial charge in [0, 0.05) is 6.20 Å². The minimum atomic E-state index is 0.581. The third-order valence-corrected chi connectivity index (χ3v) is 0.628. The zero-order valence-electron chi connectivity index (χ0n) is 4.92. The highest BCUT2D eigenvalue weighted by Crippen LogP contribution is 1.90. The van der Waals surface area contributed by atoms with Gasteiger partial charge in [-0.25, -0.2) is 0 Å². The monoisotopic (exact) mass is 111 g/mol. The third-order valence-electron chi connectivity index (χ3n) is 0.628. The van der Waals surface area contributed by atoms with Crippen LogP contribution in [0.4, 0.5) is 0 Å². The Morgan fingerprint density at radius 1 is 1.75 bits per heavy atom. The van der Waals surface area contributed by atoms with Crippen molar-refractivity contribution in [2.24, 2.45) is 4.99 Å². The summed E-state index contributed by atoms with van der Waals surface area (Å²) in [5, 5.41) is 0. The lowest BCUT2D eigenvalue weighted by molar-refractivity contribution is 0.308. The van der Waals surface area contributed by atoms with Crippen molar-refractivity contribution in [3.63, 3.8) is 0 Å². The Bertz CT molecular complexity index is 116. The molecule has 0 atom stereocenters. The zero-order valence-corrected chi connectivity index (χ0v) is 4.92. The van der Waals surface area contributed by atoms with Gasteiger partial charge in [0.15, 0.2) is 0 Å². The standard InChI is InChI=1S/C6H9NO/c1-6(8-3)4-5-7-2/h4-5H,1-2H2,3H3. The molecule has 0 spiro atoms. The lowest BCUT2D eigenvalue weighted by Gasteiger charge is -1.91. The number of allylic oxidation sites excluding steroid dienone is 1. The van der Waals surface area contributed by atoms with E-state index in [9.17, 15) is 0 Å². The smallest absolute Gasteiger partial charge is 0.113 e. The molecule has 0 unspecified atom stereocenters. The molecule has 0 heterocycles. The summed E-state index contributed by atoms with van der Waals surface area (Å²) in [5.41, 5.74) is 0. The van der Waals surface area contributed by atoms with Crippen molar-refractivity contribution >= 4 is 6.72 Å².